The molecule has 7 rings (SSSR count). The second kappa shape index (κ2) is 9.56. The van der Waals surface area contributed by atoms with Gasteiger partial charge in [0, 0.05) is 38.9 Å². The molecule has 7 heterocycles. The molecule has 0 saturated heterocycles. The molecule has 2 aliphatic heterocycles. The van der Waals surface area contributed by atoms with Crippen molar-refractivity contribution >= 4 is 46.4 Å². The quantitative estimate of drug-likeness (QED) is 0.200. The number of nitrogens with one attached hydrogen (secondary N) is 2. The number of alkyl halides is 6. The summed E-state index contributed by atoms with van der Waals surface area (Å²) in [4.78, 5) is 22.9. The van der Waals surface area contributed by atoms with Crippen LogP contribution >= 0.6 is 0 Å². The number of halogens is 6. The first-order valence-corrected chi connectivity index (χ1v) is 13.2. The normalized spacial score (nSPS) is 13.3. The van der Waals surface area contributed by atoms with E-state index in [-0.39, 0.29) is 67.6 Å². The Morgan fingerprint density at radius 3 is 1.25 bits per heavy atom. The number of fused-ring (bicyclic) bond motifs is 8. The largest absolute Gasteiger partial charge is 0.420 e. The van der Waals surface area contributed by atoms with Crippen LogP contribution in [0.4, 0.5) is 26.3 Å². The summed E-state index contributed by atoms with van der Waals surface area (Å²) in [6, 6.07) is 5.34. The first-order chi connectivity index (χ1) is 20.9. The number of nitrogens with zero attached hydrogens (tertiary/aromatic N) is 6. The molecule has 2 aliphatic rings. The summed E-state index contributed by atoms with van der Waals surface area (Å²) in [6.07, 6.45) is 1.76. The predicted octanol–water partition coefficient (Wildman–Crippen LogP) is 7.49. The average molecular weight is 607 g/mol. The molecule has 0 unspecified atom stereocenters. The monoisotopic (exact) mass is 606 g/mol. The molecule has 0 saturated carbocycles. The van der Waals surface area contributed by atoms with Crippen LogP contribution in [0.5, 0.6) is 0 Å². The third kappa shape index (κ3) is 4.41. The maximum atomic E-state index is 14.7. The zero-order valence-electron chi connectivity index (χ0n) is 22.9. The lowest BCUT2D eigenvalue weighted by Crippen LogP contribution is -2.08. The van der Waals surface area contributed by atoms with E-state index in [1.54, 1.807) is 35.6 Å². The lowest BCUT2D eigenvalue weighted by Gasteiger charge is -2.09. The Kier molecular flexibility index (Phi) is 5.96. The molecule has 0 radical (unpaired) electrons. The number of rotatable bonds is 2. The molecule has 0 atom stereocenters. The first-order valence-electron chi connectivity index (χ1n) is 13.2. The van der Waals surface area contributed by atoms with Gasteiger partial charge in [-0.3, -0.25) is 0 Å². The molecule has 0 aliphatic carbocycles. The predicted molar refractivity (Wildman–Crippen MR) is 153 cm³/mol. The van der Waals surface area contributed by atoms with E-state index in [9.17, 15) is 26.3 Å². The SMILES string of the molecule is Cn1ccnc1-c1c2nc(c(C(F)(F)F)c3ccc([nH]3)c(-c3nccn3C)c3nc(c(C(F)(F)F)c4ccc1[nH]4)C=C3)C=C2. The maximum absolute atomic E-state index is 14.7. The Morgan fingerprint density at radius 1 is 0.545 bits per heavy atom. The van der Waals surface area contributed by atoms with E-state index < -0.39 is 23.5 Å². The molecule has 0 fully saturated rings. The molecule has 14 heteroatoms. The minimum Gasteiger partial charge on any atom is -0.354 e. The highest BCUT2D eigenvalue weighted by Crippen LogP contribution is 2.40. The van der Waals surface area contributed by atoms with E-state index in [1.807, 2.05) is 0 Å². The van der Waals surface area contributed by atoms with Crippen molar-refractivity contribution in [1.82, 2.24) is 39.0 Å². The van der Waals surface area contributed by atoms with Crippen LogP contribution in [0.3, 0.4) is 0 Å². The van der Waals surface area contributed by atoms with Crippen LogP contribution < -0.4 is 0 Å². The Bertz CT molecular complexity index is 2030. The lowest BCUT2D eigenvalue weighted by molar-refractivity contribution is -0.137. The van der Waals surface area contributed by atoms with Gasteiger partial charge in [-0.25, -0.2) is 19.9 Å². The molecule has 222 valence electrons. The van der Waals surface area contributed by atoms with Crippen LogP contribution in [0.2, 0.25) is 0 Å². The Labute approximate surface area is 244 Å². The van der Waals surface area contributed by atoms with Crippen LogP contribution in [-0.2, 0) is 26.4 Å². The number of imidazole rings is 2. The molecular weight excluding hydrogens is 586 g/mol. The van der Waals surface area contributed by atoms with Crippen molar-refractivity contribution < 1.29 is 26.3 Å². The topological polar surface area (TPSA) is 93.0 Å². The molecular formula is C30H20F6N8. The van der Waals surface area contributed by atoms with E-state index in [0.29, 0.717) is 0 Å². The minimum absolute atomic E-state index is 0.0888. The van der Waals surface area contributed by atoms with Gasteiger partial charge in [-0.2, -0.15) is 26.3 Å². The van der Waals surface area contributed by atoms with E-state index >= 15 is 0 Å². The van der Waals surface area contributed by atoms with Gasteiger partial charge in [0.05, 0.1) is 56.0 Å². The number of aromatic nitrogens is 8. The Morgan fingerprint density at radius 2 is 0.909 bits per heavy atom. The highest BCUT2D eigenvalue weighted by molar-refractivity contribution is 5.92. The first kappa shape index (κ1) is 27.4. The molecule has 0 aromatic carbocycles. The van der Waals surface area contributed by atoms with Gasteiger partial charge >= 0.3 is 12.4 Å². The summed E-state index contributed by atoms with van der Waals surface area (Å²) < 4.78 is 91.3. The van der Waals surface area contributed by atoms with Gasteiger partial charge in [-0.1, -0.05) is 0 Å². The summed E-state index contributed by atoms with van der Waals surface area (Å²) in [5.74, 6) is 0.577. The standard InChI is InChI=1S/C30H20F6N8/c1-43-13-11-37-27(43)23-15-3-7-19(39-15)25(29(31,32)33)21-9-5-17(41-21)24(28-38-12-14-44(28)2)18-6-10-22(42-18)26(30(34,35)36)20-8-4-16(23)40-20/h3-14,39,42H,1-2H3. The van der Waals surface area contributed by atoms with E-state index in [0.717, 1.165) is 0 Å². The van der Waals surface area contributed by atoms with Crippen LogP contribution in [-0.4, -0.2) is 39.0 Å². The van der Waals surface area contributed by atoms with Gasteiger partial charge in [-0.15, -0.1) is 0 Å². The average Bonchev–Trinajstić information content (AvgIpc) is 3.76. The van der Waals surface area contributed by atoms with Crippen molar-refractivity contribution in [3.05, 3.63) is 83.0 Å². The summed E-state index contributed by atoms with van der Waals surface area (Å²) in [7, 11) is 3.32. The molecule has 8 bridgehead atoms. The van der Waals surface area contributed by atoms with Crippen LogP contribution in [0.15, 0.2) is 49.1 Å². The number of H-pyrrole nitrogens is 2. The molecule has 5 aromatic rings. The van der Waals surface area contributed by atoms with E-state index in [1.165, 1.54) is 61.0 Å². The molecule has 2 N–H and O–H groups in total. The van der Waals surface area contributed by atoms with Gasteiger partial charge in [0.15, 0.2) is 0 Å². The third-order valence-electron chi connectivity index (χ3n) is 7.41. The lowest BCUT2D eigenvalue weighted by atomic mass is 10.1. The summed E-state index contributed by atoms with van der Waals surface area (Å²) >= 11 is 0. The van der Waals surface area contributed by atoms with Crippen molar-refractivity contribution in [1.29, 1.82) is 0 Å². The molecule has 8 nitrogen and oxygen atoms in total. The van der Waals surface area contributed by atoms with Gasteiger partial charge in [0.2, 0.25) is 0 Å². The fraction of sp³-hybridized carbons (Fsp3) is 0.133. The second-order valence-corrected chi connectivity index (χ2v) is 10.2. The molecule has 0 spiro atoms. The van der Waals surface area contributed by atoms with Crippen LogP contribution in [0, 0.1) is 0 Å². The molecule has 5 aromatic heterocycles. The van der Waals surface area contributed by atoms with Crippen molar-refractivity contribution in [3.8, 4) is 22.8 Å². The molecule has 0 amide bonds. The summed E-state index contributed by atoms with van der Waals surface area (Å²) in [5, 5.41) is 0. The number of aryl methyl sites for hydroxylation is 2. The summed E-state index contributed by atoms with van der Waals surface area (Å²) in [5.41, 5.74) is -2.38. The van der Waals surface area contributed by atoms with E-state index in [4.69, 9.17) is 0 Å². The molecule has 44 heavy (non-hydrogen) atoms. The fourth-order valence-electron chi connectivity index (χ4n) is 5.49. The van der Waals surface area contributed by atoms with Gasteiger partial charge in [0.1, 0.15) is 22.8 Å². The number of aromatic amines is 2. The van der Waals surface area contributed by atoms with Crippen LogP contribution in [0.25, 0.3) is 69.1 Å². The Hall–Kier alpha value is -5.40. The highest BCUT2D eigenvalue weighted by Gasteiger charge is 2.38. The zero-order chi connectivity index (χ0) is 31.0. The van der Waals surface area contributed by atoms with Crippen molar-refractivity contribution in [2.75, 3.05) is 0 Å². The number of hydrogen-bond donors (Lipinski definition) is 2. The van der Waals surface area contributed by atoms with Crippen molar-refractivity contribution in [2.45, 2.75) is 12.4 Å². The van der Waals surface area contributed by atoms with Crippen LogP contribution in [0.1, 0.15) is 33.9 Å². The van der Waals surface area contributed by atoms with Gasteiger partial charge in [0.25, 0.3) is 0 Å². The minimum atomic E-state index is -4.82. The van der Waals surface area contributed by atoms with E-state index in [2.05, 4.69) is 29.9 Å². The summed E-state index contributed by atoms with van der Waals surface area (Å²) in [6.45, 7) is 0. The maximum Gasteiger partial charge on any atom is 0.420 e. The number of hydrogen-bond acceptors (Lipinski definition) is 4. The van der Waals surface area contributed by atoms with Gasteiger partial charge < -0.3 is 19.1 Å². The smallest absolute Gasteiger partial charge is 0.354 e. The fourth-order valence-corrected chi connectivity index (χ4v) is 5.49. The highest BCUT2D eigenvalue weighted by atomic mass is 19.4. The third-order valence-corrected chi connectivity index (χ3v) is 7.41. The Balaban J connectivity index is 1.73. The van der Waals surface area contributed by atoms with Crippen molar-refractivity contribution in [3.63, 3.8) is 0 Å². The second-order valence-electron chi connectivity index (χ2n) is 10.2. The van der Waals surface area contributed by atoms with Gasteiger partial charge in [-0.05, 0) is 48.6 Å². The van der Waals surface area contributed by atoms with Crippen molar-refractivity contribution in [2.24, 2.45) is 14.1 Å². The zero-order valence-corrected chi connectivity index (χ0v) is 22.9.